The third-order valence-electron chi connectivity index (χ3n) is 1.86. The highest BCUT2D eigenvalue weighted by molar-refractivity contribution is 7.09. The Morgan fingerprint density at radius 2 is 2.21 bits per heavy atom. The van der Waals surface area contributed by atoms with Crippen molar-refractivity contribution < 1.29 is 4.74 Å². The minimum atomic E-state index is 0.758. The van der Waals surface area contributed by atoms with E-state index in [2.05, 4.69) is 9.97 Å². The lowest BCUT2D eigenvalue weighted by molar-refractivity contribution is 0.413. The molecular formula is C10H10N2OS. The number of nitrogens with zero attached hydrogens (tertiary/aromatic N) is 2. The first-order valence-electron chi connectivity index (χ1n) is 4.21. The Morgan fingerprint density at radius 3 is 2.86 bits per heavy atom. The highest BCUT2D eigenvalue weighted by Crippen LogP contribution is 2.23. The number of aromatic nitrogens is 2. The highest BCUT2D eigenvalue weighted by Gasteiger charge is 2.03. The van der Waals surface area contributed by atoms with Gasteiger partial charge < -0.3 is 4.74 Å². The van der Waals surface area contributed by atoms with Crippen LogP contribution in [0.2, 0.25) is 0 Å². The van der Waals surface area contributed by atoms with Crippen LogP contribution in [0.1, 0.15) is 5.01 Å². The average molecular weight is 206 g/mol. The summed E-state index contributed by atoms with van der Waals surface area (Å²) in [6.07, 6.45) is 3.47. The van der Waals surface area contributed by atoms with Crippen LogP contribution >= 0.6 is 11.3 Å². The number of pyridine rings is 1. The second kappa shape index (κ2) is 3.75. The number of methoxy groups -OCH3 is 1. The van der Waals surface area contributed by atoms with Crippen molar-refractivity contribution in [3.8, 4) is 17.0 Å². The minimum Gasteiger partial charge on any atom is -0.495 e. The third-order valence-corrected chi connectivity index (χ3v) is 2.64. The molecule has 3 nitrogen and oxygen atoms in total. The van der Waals surface area contributed by atoms with Crippen LogP contribution < -0.4 is 4.74 Å². The van der Waals surface area contributed by atoms with Crippen molar-refractivity contribution in [1.82, 2.24) is 9.97 Å². The van der Waals surface area contributed by atoms with Gasteiger partial charge in [-0.05, 0) is 13.0 Å². The van der Waals surface area contributed by atoms with Crippen molar-refractivity contribution in [1.29, 1.82) is 0 Å². The summed E-state index contributed by atoms with van der Waals surface area (Å²) < 4.78 is 5.10. The standard InChI is InChI=1S/C10H10N2OS/c1-7-12-10(6-14-7)8-3-9(13-2)5-11-4-8/h3-6H,1-2H3. The maximum atomic E-state index is 5.10. The van der Waals surface area contributed by atoms with Gasteiger partial charge >= 0.3 is 0 Å². The van der Waals surface area contributed by atoms with Gasteiger partial charge in [-0.2, -0.15) is 0 Å². The average Bonchev–Trinajstić information content (AvgIpc) is 2.65. The van der Waals surface area contributed by atoms with Gasteiger partial charge in [0.05, 0.1) is 24.0 Å². The lowest BCUT2D eigenvalue weighted by Crippen LogP contribution is -1.86. The van der Waals surface area contributed by atoms with Gasteiger partial charge in [0, 0.05) is 17.1 Å². The molecule has 0 aliphatic carbocycles. The molecule has 0 saturated heterocycles. The molecule has 0 spiro atoms. The van der Waals surface area contributed by atoms with Crippen molar-refractivity contribution in [2.45, 2.75) is 6.92 Å². The van der Waals surface area contributed by atoms with Crippen LogP contribution in [-0.4, -0.2) is 17.1 Å². The molecule has 0 radical (unpaired) electrons. The van der Waals surface area contributed by atoms with E-state index in [1.165, 1.54) is 0 Å². The van der Waals surface area contributed by atoms with E-state index in [1.807, 2.05) is 18.4 Å². The van der Waals surface area contributed by atoms with Gasteiger partial charge in [-0.15, -0.1) is 11.3 Å². The molecule has 2 heterocycles. The molecule has 0 aliphatic heterocycles. The second-order valence-electron chi connectivity index (χ2n) is 2.87. The Hall–Kier alpha value is -1.42. The normalized spacial score (nSPS) is 10.1. The quantitative estimate of drug-likeness (QED) is 0.757. The summed E-state index contributed by atoms with van der Waals surface area (Å²) in [6, 6.07) is 1.93. The Bertz CT molecular complexity index is 439. The summed E-state index contributed by atoms with van der Waals surface area (Å²) in [5.41, 5.74) is 1.95. The SMILES string of the molecule is COc1cncc(-c2csc(C)n2)c1. The molecule has 14 heavy (non-hydrogen) atoms. The topological polar surface area (TPSA) is 35.0 Å². The zero-order valence-electron chi connectivity index (χ0n) is 8.02. The molecular weight excluding hydrogens is 196 g/mol. The fourth-order valence-corrected chi connectivity index (χ4v) is 1.79. The Labute approximate surface area is 86.4 Å². The Kier molecular flexibility index (Phi) is 2.45. The van der Waals surface area contributed by atoms with Crippen LogP contribution in [0.5, 0.6) is 5.75 Å². The van der Waals surface area contributed by atoms with E-state index in [0.717, 1.165) is 22.0 Å². The molecule has 0 fully saturated rings. The zero-order valence-corrected chi connectivity index (χ0v) is 8.84. The molecule has 0 aromatic carbocycles. The van der Waals surface area contributed by atoms with E-state index in [9.17, 15) is 0 Å². The van der Waals surface area contributed by atoms with Crippen LogP contribution in [0.25, 0.3) is 11.3 Å². The van der Waals surface area contributed by atoms with Crippen molar-refractivity contribution >= 4 is 11.3 Å². The van der Waals surface area contributed by atoms with Crippen LogP contribution in [-0.2, 0) is 0 Å². The van der Waals surface area contributed by atoms with Crippen molar-refractivity contribution in [2.24, 2.45) is 0 Å². The predicted octanol–water partition coefficient (Wildman–Crippen LogP) is 2.52. The highest BCUT2D eigenvalue weighted by atomic mass is 32.1. The van der Waals surface area contributed by atoms with Gasteiger partial charge in [-0.25, -0.2) is 4.98 Å². The van der Waals surface area contributed by atoms with Gasteiger partial charge in [0.1, 0.15) is 5.75 Å². The van der Waals surface area contributed by atoms with E-state index in [4.69, 9.17) is 4.74 Å². The molecule has 0 bridgehead atoms. The maximum absolute atomic E-state index is 5.10. The molecule has 0 aliphatic rings. The molecule has 72 valence electrons. The number of hydrogen-bond acceptors (Lipinski definition) is 4. The van der Waals surface area contributed by atoms with Crippen LogP contribution in [0.3, 0.4) is 0 Å². The van der Waals surface area contributed by atoms with Crippen LogP contribution in [0.4, 0.5) is 0 Å². The van der Waals surface area contributed by atoms with Crippen molar-refractivity contribution in [3.63, 3.8) is 0 Å². The fraction of sp³-hybridized carbons (Fsp3) is 0.200. The third kappa shape index (κ3) is 1.75. The summed E-state index contributed by atoms with van der Waals surface area (Å²) in [5.74, 6) is 0.758. The van der Waals surface area contributed by atoms with E-state index in [-0.39, 0.29) is 0 Å². The summed E-state index contributed by atoms with van der Waals surface area (Å²) >= 11 is 1.63. The summed E-state index contributed by atoms with van der Waals surface area (Å²) in [7, 11) is 1.63. The van der Waals surface area contributed by atoms with E-state index >= 15 is 0 Å². The molecule has 0 amide bonds. The van der Waals surface area contributed by atoms with E-state index in [0.29, 0.717) is 0 Å². The smallest absolute Gasteiger partial charge is 0.137 e. The number of thiazole rings is 1. The second-order valence-corrected chi connectivity index (χ2v) is 3.93. The molecule has 0 N–H and O–H groups in total. The van der Waals surface area contributed by atoms with Crippen LogP contribution in [0.15, 0.2) is 23.8 Å². The lowest BCUT2D eigenvalue weighted by atomic mass is 10.2. The minimum absolute atomic E-state index is 0.758. The first kappa shape index (κ1) is 9.15. The van der Waals surface area contributed by atoms with Gasteiger partial charge in [0.2, 0.25) is 0 Å². The zero-order chi connectivity index (χ0) is 9.97. The number of aryl methyl sites for hydroxylation is 1. The molecule has 2 aromatic rings. The van der Waals surface area contributed by atoms with Gasteiger partial charge in [0.15, 0.2) is 0 Å². The van der Waals surface area contributed by atoms with E-state index < -0.39 is 0 Å². The molecule has 2 aromatic heterocycles. The maximum Gasteiger partial charge on any atom is 0.137 e. The van der Waals surface area contributed by atoms with Gasteiger partial charge in [0.25, 0.3) is 0 Å². The van der Waals surface area contributed by atoms with E-state index in [1.54, 1.807) is 30.8 Å². The molecule has 0 unspecified atom stereocenters. The van der Waals surface area contributed by atoms with Crippen LogP contribution in [0, 0.1) is 6.92 Å². The van der Waals surface area contributed by atoms with Gasteiger partial charge in [-0.3, -0.25) is 4.98 Å². The fourth-order valence-electron chi connectivity index (χ4n) is 1.17. The largest absolute Gasteiger partial charge is 0.495 e. The van der Waals surface area contributed by atoms with Crippen molar-refractivity contribution in [3.05, 3.63) is 28.8 Å². The summed E-state index contributed by atoms with van der Waals surface area (Å²) in [4.78, 5) is 8.46. The first-order chi connectivity index (χ1) is 6.79. The molecule has 0 atom stereocenters. The predicted molar refractivity (Wildman–Crippen MR) is 56.6 cm³/mol. The van der Waals surface area contributed by atoms with Gasteiger partial charge in [-0.1, -0.05) is 0 Å². The number of rotatable bonds is 2. The lowest BCUT2D eigenvalue weighted by Gasteiger charge is -2.00. The molecule has 2 rings (SSSR count). The number of hydrogen-bond donors (Lipinski definition) is 0. The Morgan fingerprint density at radius 1 is 1.36 bits per heavy atom. The monoisotopic (exact) mass is 206 g/mol. The number of ether oxygens (including phenoxy) is 1. The van der Waals surface area contributed by atoms with Crippen molar-refractivity contribution in [2.75, 3.05) is 7.11 Å². The molecule has 4 heteroatoms. The first-order valence-corrected chi connectivity index (χ1v) is 5.09. The summed E-state index contributed by atoms with van der Waals surface area (Å²) in [5, 5.41) is 3.08. The Balaban J connectivity index is 2.41. The molecule has 0 saturated carbocycles. The summed E-state index contributed by atoms with van der Waals surface area (Å²) in [6.45, 7) is 1.99.